The highest BCUT2D eigenvalue weighted by molar-refractivity contribution is 5.97. The second-order valence-corrected chi connectivity index (χ2v) is 7.23. The molecule has 3 rings (SSSR count). The van der Waals surface area contributed by atoms with Gasteiger partial charge in [-0.25, -0.2) is 0 Å². The van der Waals surface area contributed by atoms with Crippen molar-refractivity contribution in [3.8, 4) is 0 Å². The van der Waals surface area contributed by atoms with E-state index in [4.69, 9.17) is 10.2 Å². The first-order chi connectivity index (χ1) is 13.3. The Morgan fingerprint density at radius 1 is 1.04 bits per heavy atom. The van der Waals surface area contributed by atoms with Gasteiger partial charge in [0.25, 0.3) is 0 Å². The van der Waals surface area contributed by atoms with Crippen molar-refractivity contribution < 1.29 is 24.6 Å². The summed E-state index contributed by atoms with van der Waals surface area (Å²) in [7, 11) is 0. The van der Waals surface area contributed by atoms with E-state index in [0.717, 1.165) is 45.3 Å². The monoisotopic (exact) mass is 390 g/mol. The van der Waals surface area contributed by atoms with Gasteiger partial charge in [-0.05, 0) is 68.0 Å². The Morgan fingerprint density at radius 3 is 2.29 bits per heavy atom. The lowest BCUT2D eigenvalue weighted by atomic mass is 9.88. The van der Waals surface area contributed by atoms with Crippen LogP contribution in [0.4, 0.5) is 5.69 Å². The summed E-state index contributed by atoms with van der Waals surface area (Å²) in [5.74, 6) is -1.85. The van der Waals surface area contributed by atoms with E-state index in [1.54, 1.807) is 0 Å². The number of aryl methyl sites for hydroxylation is 1. The summed E-state index contributed by atoms with van der Waals surface area (Å²) in [5.41, 5.74) is 6.93. The van der Waals surface area contributed by atoms with Crippen LogP contribution in [0.1, 0.15) is 54.9 Å². The molecule has 0 saturated carbocycles. The maximum atomic E-state index is 12.2. The zero-order valence-corrected chi connectivity index (χ0v) is 16.7. The molecule has 2 aliphatic heterocycles. The van der Waals surface area contributed by atoms with Gasteiger partial charge in [-0.1, -0.05) is 13.0 Å². The number of aliphatic carboxylic acids is 2. The van der Waals surface area contributed by atoms with E-state index in [1.807, 2.05) is 4.90 Å². The molecular weight excluding hydrogens is 360 g/mol. The molecule has 7 nitrogen and oxygen atoms in total. The molecule has 7 heteroatoms. The van der Waals surface area contributed by atoms with Gasteiger partial charge < -0.3 is 20.4 Å². The minimum absolute atomic E-state index is 0.296. The number of rotatable bonds is 5. The smallest absolute Gasteiger partial charge is 0.303 e. The van der Waals surface area contributed by atoms with Gasteiger partial charge in [0.15, 0.2) is 0 Å². The molecule has 0 fully saturated rings. The number of hydrogen-bond donors (Lipinski definition) is 3. The fourth-order valence-electron chi connectivity index (χ4n) is 3.86. The fraction of sp³-hybridized carbons (Fsp3) is 0.571. The largest absolute Gasteiger partial charge is 0.481 e. The molecule has 0 spiro atoms. The van der Waals surface area contributed by atoms with Gasteiger partial charge in [0.05, 0.1) is 18.5 Å². The number of carboxylic acids is 2. The Balaban J connectivity index is 0.000000300. The number of nitrogens with zero attached hydrogens (tertiary/aromatic N) is 1. The molecule has 1 amide bonds. The molecule has 0 radical (unpaired) electrons. The Labute approximate surface area is 165 Å². The van der Waals surface area contributed by atoms with Crippen LogP contribution in [0.15, 0.2) is 6.07 Å². The van der Waals surface area contributed by atoms with Crippen molar-refractivity contribution in [2.45, 2.75) is 58.8 Å². The minimum atomic E-state index is -1.08. The third-order valence-corrected chi connectivity index (χ3v) is 5.15. The van der Waals surface area contributed by atoms with Crippen molar-refractivity contribution in [3.05, 3.63) is 28.3 Å². The highest BCUT2D eigenvalue weighted by atomic mass is 16.4. The molecule has 3 N–H and O–H groups in total. The van der Waals surface area contributed by atoms with Gasteiger partial charge in [0.1, 0.15) is 0 Å². The summed E-state index contributed by atoms with van der Waals surface area (Å²) in [6, 6.07) is 2.37. The van der Waals surface area contributed by atoms with Crippen molar-refractivity contribution in [1.82, 2.24) is 5.32 Å². The number of fused-ring (bicyclic) bond motifs is 2. The van der Waals surface area contributed by atoms with Gasteiger partial charge in [-0.2, -0.15) is 0 Å². The zero-order chi connectivity index (χ0) is 20.7. The van der Waals surface area contributed by atoms with Gasteiger partial charge in [0.2, 0.25) is 5.91 Å². The number of anilines is 1. The second-order valence-electron chi connectivity index (χ2n) is 7.23. The van der Waals surface area contributed by atoms with E-state index in [2.05, 4.69) is 25.2 Å². The average molecular weight is 390 g/mol. The van der Waals surface area contributed by atoms with E-state index in [-0.39, 0.29) is 12.8 Å². The number of carboxylic acid groups (broad SMARTS) is 2. The zero-order valence-electron chi connectivity index (χ0n) is 16.7. The first-order valence-corrected chi connectivity index (χ1v) is 9.94. The van der Waals surface area contributed by atoms with E-state index in [9.17, 15) is 14.4 Å². The van der Waals surface area contributed by atoms with E-state index >= 15 is 0 Å². The quantitative estimate of drug-likeness (QED) is 0.712. The predicted molar refractivity (Wildman–Crippen MR) is 107 cm³/mol. The number of hydrogen-bond acceptors (Lipinski definition) is 4. The molecule has 2 heterocycles. The predicted octanol–water partition coefficient (Wildman–Crippen LogP) is 2.31. The SMILES string of the molecule is CCCN1C(=O)CCc2cc3c(c(C)c21)CCNCC3.O=C(O)CCC(=O)O. The molecule has 1 aromatic rings. The van der Waals surface area contributed by atoms with Crippen LogP contribution >= 0.6 is 0 Å². The number of carbonyl (C=O) groups is 3. The summed E-state index contributed by atoms with van der Waals surface area (Å²) >= 11 is 0. The van der Waals surface area contributed by atoms with Gasteiger partial charge in [-0.15, -0.1) is 0 Å². The summed E-state index contributed by atoms with van der Waals surface area (Å²) in [6.07, 6.45) is 4.21. The van der Waals surface area contributed by atoms with Gasteiger partial charge in [0, 0.05) is 13.0 Å². The summed E-state index contributed by atoms with van der Waals surface area (Å²) in [5, 5.41) is 19.3. The highest BCUT2D eigenvalue weighted by Gasteiger charge is 2.27. The lowest BCUT2D eigenvalue weighted by Crippen LogP contribution is -2.36. The number of nitrogens with one attached hydrogen (secondary N) is 1. The Morgan fingerprint density at radius 2 is 1.68 bits per heavy atom. The van der Waals surface area contributed by atoms with E-state index in [0.29, 0.717) is 12.3 Å². The molecular formula is C21H30N2O5. The molecule has 0 atom stereocenters. The molecule has 0 bridgehead atoms. The lowest BCUT2D eigenvalue weighted by Gasteiger charge is -2.32. The van der Waals surface area contributed by atoms with Crippen LogP contribution < -0.4 is 10.2 Å². The Kier molecular flexibility index (Phi) is 7.99. The minimum Gasteiger partial charge on any atom is -0.481 e. The highest BCUT2D eigenvalue weighted by Crippen LogP contribution is 2.36. The Hall–Kier alpha value is -2.41. The van der Waals surface area contributed by atoms with Crippen LogP contribution in [0.2, 0.25) is 0 Å². The average Bonchev–Trinajstić information content (AvgIpc) is 2.89. The molecule has 0 saturated heterocycles. The van der Waals surface area contributed by atoms with Crippen LogP contribution in [-0.4, -0.2) is 47.7 Å². The van der Waals surface area contributed by atoms with E-state index < -0.39 is 11.9 Å². The fourth-order valence-corrected chi connectivity index (χ4v) is 3.86. The third kappa shape index (κ3) is 5.55. The normalized spacial score (nSPS) is 15.6. The molecule has 154 valence electrons. The van der Waals surface area contributed by atoms with Crippen LogP contribution in [0, 0.1) is 6.92 Å². The van der Waals surface area contributed by atoms with Crippen LogP contribution in [0.25, 0.3) is 0 Å². The van der Waals surface area contributed by atoms with Gasteiger partial charge >= 0.3 is 11.9 Å². The number of carbonyl (C=O) groups excluding carboxylic acids is 1. The Bertz CT molecular complexity index is 731. The van der Waals surface area contributed by atoms with Crippen molar-refractivity contribution in [3.63, 3.8) is 0 Å². The molecule has 0 aromatic heterocycles. The first kappa shape index (κ1) is 21.9. The van der Waals surface area contributed by atoms with Gasteiger partial charge in [-0.3, -0.25) is 14.4 Å². The van der Waals surface area contributed by atoms with Crippen LogP contribution in [0.5, 0.6) is 0 Å². The first-order valence-electron chi connectivity index (χ1n) is 9.94. The van der Waals surface area contributed by atoms with Crippen molar-refractivity contribution in [2.75, 3.05) is 24.5 Å². The van der Waals surface area contributed by atoms with E-state index in [1.165, 1.54) is 27.9 Å². The summed E-state index contributed by atoms with van der Waals surface area (Å²) in [4.78, 5) is 33.6. The summed E-state index contributed by atoms with van der Waals surface area (Å²) < 4.78 is 0. The molecule has 2 aliphatic rings. The molecule has 1 aromatic carbocycles. The maximum absolute atomic E-state index is 12.2. The second kappa shape index (κ2) is 10.2. The molecule has 0 unspecified atom stereocenters. The van der Waals surface area contributed by atoms with Crippen LogP contribution in [-0.2, 0) is 33.6 Å². The van der Waals surface area contributed by atoms with Crippen molar-refractivity contribution >= 4 is 23.5 Å². The molecule has 0 aliphatic carbocycles. The standard InChI is InChI=1S/C17H24N2O.C4H6O4/c1-3-10-19-16(20)5-4-14-11-13-6-8-18-9-7-15(13)12(2)17(14)19;5-3(6)1-2-4(7)8/h11,18H,3-10H2,1-2H3;1-2H2,(H,5,6)(H,7,8). The van der Waals surface area contributed by atoms with Crippen LogP contribution in [0.3, 0.4) is 0 Å². The number of benzene rings is 1. The van der Waals surface area contributed by atoms with Crippen molar-refractivity contribution in [2.24, 2.45) is 0 Å². The molecule has 28 heavy (non-hydrogen) atoms. The van der Waals surface area contributed by atoms with Crippen molar-refractivity contribution in [1.29, 1.82) is 0 Å². The maximum Gasteiger partial charge on any atom is 0.303 e. The topological polar surface area (TPSA) is 107 Å². The lowest BCUT2D eigenvalue weighted by molar-refractivity contribution is -0.143. The third-order valence-electron chi connectivity index (χ3n) is 5.15. The summed E-state index contributed by atoms with van der Waals surface area (Å²) in [6.45, 7) is 7.33. The number of amides is 1.